The smallest absolute Gasteiger partial charge is 0.203 e. The van der Waals surface area contributed by atoms with E-state index in [1.807, 2.05) is 24.3 Å². The summed E-state index contributed by atoms with van der Waals surface area (Å²) in [5, 5.41) is 9.38. The largest absolute Gasteiger partial charge is 0.508 e. The number of hydrogen-bond acceptors (Lipinski definition) is 4. The van der Waals surface area contributed by atoms with Crippen molar-refractivity contribution in [2.75, 3.05) is 20.8 Å². The van der Waals surface area contributed by atoms with Crippen LogP contribution in [0.1, 0.15) is 17.0 Å². The van der Waals surface area contributed by atoms with Crippen molar-refractivity contribution in [3.63, 3.8) is 0 Å². The second-order valence-electron chi connectivity index (χ2n) is 5.09. The van der Waals surface area contributed by atoms with Gasteiger partial charge in [-0.05, 0) is 35.7 Å². The van der Waals surface area contributed by atoms with Crippen LogP contribution >= 0.6 is 0 Å². The molecule has 0 unspecified atom stereocenters. The van der Waals surface area contributed by atoms with Gasteiger partial charge in [-0.15, -0.1) is 0 Å². The van der Waals surface area contributed by atoms with E-state index in [1.165, 1.54) is 0 Å². The van der Waals surface area contributed by atoms with Crippen LogP contribution < -0.4 is 14.2 Å². The molecule has 4 nitrogen and oxygen atoms in total. The second kappa shape index (κ2) is 5.56. The minimum atomic E-state index is 0.274. The van der Waals surface area contributed by atoms with Crippen molar-refractivity contribution in [2.24, 2.45) is 0 Å². The Bertz CT molecular complexity index is 634. The summed E-state index contributed by atoms with van der Waals surface area (Å²) in [6, 6.07) is 11.2. The molecule has 0 bridgehead atoms. The lowest BCUT2D eigenvalue weighted by Gasteiger charge is -2.27. The molecule has 0 saturated carbocycles. The number of hydrogen-bond donors (Lipinski definition) is 1. The Balaban J connectivity index is 1.91. The van der Waals surface area contributed by atoms with Crippen LogP contribution in [0.25, 0.3) is 0 Å². The highest BCUT2D eigenvalue weighted by Gasteiger charge is 2.26. The Hall–Kier alpha value is -2.36. The summed E-state index contributed by atoms with van der Waals surface area (Å²) in [6.07, 6.45) is 0.875. The molecule has 0 amide bonds. The minimum absolute atomic E-state index is 0.274. The van der Waals surface area contributed by atoms with Crippen molar-refractivity contribution in [3.8, 4) is 23.0 Å². The first-order valence-corrected chi connectivity index (χ1v) is 6.88. The number of rotatable bonds is 3. The zero-order valence-electron chi connectivity index (χ0n) is 12.1. The van der Waals surface area contributed by atoms with E-state index in [9.17, 15) is 5.11 Å². The molecule has 0 spiro atoms. The van der Waals surface area contributed by atoms with E-state index in [0.29, 0.717) is 18.1 Å². The van der Waals surface area contributed by atoms with Crippen LogP contribution in [0.5, 0.6) is 23.0 Å². The van der Waals surface area contributed by atoms with Crippen molar-refractivity contribution in [1.82, 2.24) is 0 Å². The highest BCUT2D eigenvalue weighted by Crippen LogP contribution is 2.44. The van der Waals surface area contributed by atoms with Gasteiger partial charge in [0.15, 0.2) is 11.5 Å². The Morgan fingerprint density at radius 1 is 1.05 bits per heavy atom. The Labute approximate surface area is 123 Å². The van der Waals surface area contributed by atoms with Gasteiger partial charge in [0.05, 0.1) is 20.8 Å². The fraction of sp³-hybridized carbons (Fsp3) is 0.294. The van der Waals surface area contributed by atoms with E-state index in [4.69, 9.17) is 14.2 Å². The second-order valence-corrected chi connectivity index (χ2v) is 5.09. The topological polar surface area (TPSA) is 47.9 Å². The van der Waals surface area contributed by atoms with E-state index >= 15 is 0 Å². The molecular formula is C17H18O4. The van der Waals surface area contributed by atoms with Crippen molar-refractivity contribution in [2.45, 2.75) is 12.3 Å². The quantitative estimate of drug-likeness (QED) is 0.941. The fourth-order valence-corrected chi connectivity index (χ4v) is 2.73. The Kier molecular flexibility index (Phi) is 3.60. The van der Waals surface area contributed by atoms with Gasteiger partial charge >= 0.3 is 0 Å². The Morgan fingerprint density at radius 2 is 1.81 bits per heavy atom. The average molecular weight is 286 g/mol. The molecule has 4 heteroatoms. The van der Waals surface area contributed by atoms with Crippen molar-refractivity contribution < 1.29 is 19.3 Å². The van der Waals surface area contributed by atoms with Gasteiger partial charge in [0.25, 0.3) is 0 Å². The van der Waals surface area contributed by atoms with Crippen LogP contribution in [0.4, 0.5) is 0 Å². The van der Waals surface area contributed by atoms with Gasteiger partial charge in [-0.1, -0.05) is 18.2 Å². The summed E-state index contributed by atoms with van der Waals surface area (Å²) in [5.74, 6) is 2.66. The van der Waals surface area contributed by atoms with E-state index in [1.54, 1.807) is 26.4 Å². The predicted octanol–water partition coefficient (Wildman–Crippen LogP) is 3.13. The zero-order valence-corrected chi connectivity index (χ0v) is 12.1. The summed E-state index contributed by atoms with van der Waals surface area (Å²) >= 11 is 0. The third-order valence-electron chi connectivity index (χ3n) is 3.84. The van der Waals surface area contributed by atoms with Crippen LogP contribution in [-0.2, 0) is 6.42 Å². The van der Waals surface area contributed by atoms with Crippen molar-refractivity contribution in [1.29, 1.82) is 0 Å². The van der Waals surface area contributed by atoms with Gasteiger partial charge in [0.1, 0.15) is 5.75 Å². The number of aromatic hydroxyl groups is 1. The number of phenols is 1. The fourth-order valence-electron chi connectivity index (χ4n) is 2.73. The zero-order chi connectivity index (χ0) is 14.8. The van der Waals surface area contributed by atoms with E-state index in [-0.39, 0.29) is 11.7 Å². The van der Waals surface area contributed by atoms with Crippen LogP contribution in [0.2, 0.25) is 0 Å². The number of ether oxygens (including phenoxy) is 3. The molecule has 1 aliphatic rings. The molecule has 110 valence electrons. The molecule has 21 heavy (non-hydrogen) atoms. The molecule has 0 saturated heterocycles. The van der Waals surface area contributed by atoms with Gasteiger partial charge in [-0.3, -0.25) is 0 Å². The maximum atomic E-state index is 9.38. The third-order valence-corrected chi connectivity index (χ3v) is 3.84. The molecule has 0 fully saturated rings. The van der Waals surface area contributed by atoms with Crippen LogP contribution in [0.15, 0.2) is 36.4 Å². The van der Waals surface area contributed by atoms with Crippen LogP contribution in [-0.4, -0.2) is 25.9 Å². The molecule has 0 aromatic heterocycles. The summed E-state index contributed by atoms with van der Waals surface area (Å²) in [5.41, 5.74) is 2.27. The summed E-state index contributed by atoms with van der Waals surface area (Å²) in [4.78, 5) is 0. The van der Waals surface area contributed by atoms with E-state index in [2.05, 4.69) is 0 Å². The highest BCUT2D eigenvalue weighted by atomic mass is 16.5. The molecule has 1 N–H and O–H groups in total. The molecule has 1 heterocycles. The molecule has 0 aliphatic carbocycles. The van der Waals surface area contributed by atoms with Gasteiger partial charge < -0.3 is 19.3 Å². The molecule has 1 atom stereocenters. The summed E-state index contributed by atoms with van der Waals surface area (Å²) in [6.45, 7) is 0.585. The molecule has 3 rings (SSSR count). The lowest BCUT2D eigenvalue weighted by molar-refractivity contribution is 0.242. The normalized spacial score (nSPS) is 16.8. The first-order valence-electron chi connectivity index (χ1n) is 6.88. The molecular weight excluding hydrogens is 268 g/mol. The van der Waals surface area contributed by atoms with Crippen LogP contribution in [0.3, 0.4) is 0 Å². The number of phenolic OH excluding ortho intramolecular Hbond substituents is 1. The van der Waals surface area contributed by atoms with E-state index in [0.717, 1.165) is 23.3 Å². The molecule has 2 aromatic carbocycles. The first kappa shape index (κ1) is 13.6. The minimum Gasteiger partial charge on any atom is -0.508 e. The third kappa shape index (κ3) is 2.49. The lowest BCUT2D eigenvalue weighted by atomic mass is 9.90. The van der Waals surface area contributed by atoms with Gasteiger partial charge in [0, 0.05) is 5.92 Å². The van der Waals surface area contributed by atoms with Crippen molar-refractivity contribution >= 4 is 0 Å². The van der Waals surface area contributed by atoms with Gasteiger partial charge in [0.2, 0.25) is 5.75 Å². The summed E-state index contributed by atoms with van der Waals surface area (Å²) in [7, 11) is 3.24. The highest BCUT2D eigenvalue weighted by molar-refractivity contribution is 5.57. The average Bonchev–Trinajstić information content (AvgIpc) is 2.53. The summed E-state index contributed by atoms with van der Waals surface area (Å²) < 4.78 is 16.6. The monoisotopic (exact) mass is 286 g/mol. The number of methoxy groups -OCH3 is 2. The van der Waals surface area contributed by atoms with Gasteiger partial charge in [-0.2, -0.15) is 0 Å². The van der Waals surface area contributed by atoms with Crippen LogP contribution in [0, 0.1) is 0 Å². The SMILES string of the molecule is COc1ccc2c(c1OC)OC[C@H](c1ccc(O)cc1)C2. The molecule has 1 aliphatic heterocycles. The lowest BCUT2D eigenvalue weighted by Crippen LogP contribution is -2.19. The number of fused-ring (bicyclic) bond motifs is 1. The number of benzene rings is 2. The molecule has 2 aromatic rings. The van der Waals surface area contributed by atoms with E-state index < -0.39 is 0 Å². The van der Waals surface area contributed by atoms with Crippen molar-refractivity contribution in [3.05, 3.63) is 47.5 Å². The molecule has 0 radical (unpaired) electrons. The maximum absolute atomic E-state index is 9.38. The predicted molar refractivity (Wildman–Crippen MR) is 79.6 cm³/mol. The van der Waals surface area contributed by atoms with Gasteiger partial charge in [-0.25, -0.2) is 0 Å². The first-order chi connectivity index (χ1) is 10.2. The Morgan fingerprint density at radius 3 is 2.48 bits per heavy atom. The maximum Gasteiger partial charge on any atom is 0.203 e. The standard InChI is InChI=1S/C17H18O4/c1-19-15-8-5-12-9-13(10-21-16(12)17(15)20-2)11-3-6-14(18)7-4-11/h3-8,13,18H,9-10H2,1-2H3/t13-/m1/s1.